The van der Waals surface area contributed by atoms with E-state index in [2.05, 4.69) is 18.7 Å². The Labute approximate surface area is 44.5 Å². The first-order chi connectivity index (χ1) is 3.43. The molecule has 1 aliphatic rings. The molecular formula is C7H10. The molecule has 1 aliphatic carbocycles. The molecule has 1 atom stereocenters. The van der Waals surface area contributed by atoms with Crippen molar-refractivity contribution in [3.8, 4) is 0 Å². The summed E-state index contributed by atoms with van der Waals surface area (Å²) in [4.78, 5) is 0. The number of allylic oxidation sites excluding steroid dienone is 3. The summed E-state index contributed by atoms with van der Waals surface area (Å²) in [6, 6.07) is 0. The largest absolute Gasteiger partial charge is 0.102 e. The van der Waals surface area contributed by atoms with Crippen molar-refractivity contribution in [3.63, 3.8) is 0 Å². The number of hydrogen-bond donors (Lipinski definition) is 0. The standard InChI is InChI=1S/C7H10/c1-2-7-5-3-4-6-7/h2-3,5,7H,1,4,6H2. The van der Waals surface area contributed by atoms with Crippen LogP contribution < -0.4 is 0 Å². The minimum Gasteiger partial charge on any atom is -0.102 e. The molecule has 38 valence electrons. The maximum atomic E-state index is 3.69. The molecule has 0 aromatic heterocycles. The zero-order valence-electron chi connectivity index (χ0n) is 4.43. The van der Waals surface area contributed by atoms with Crippen LogP contribution in [0.25, 0.3) is 0 Å². The molecule has 0 saturated heterocycles. The average molecular weight is 94.2 g/mol. The number of hydrogen-bond acceptors (Lipinski definition) is 0. The van der Waals surface area contributed by atoms with E-state index < -0.39 is 0 Å². The Hall–Kier alpha value is -0.520. The molecule has 0 heteroatoms. The number of rotatable bonds is 1. The smallest absolute Gasteiger partial charge is 0.00532 e. The minimum atomic E-state index is 0.681. The Morgan fingerprint density at radius 1 is 1.71 bits per heavy atom. The Bertz CT molecular complexity index is 90.2. The molecule has 0 amide bonds. The lowest BCUT2D eigenvalue weighted by Crippen LogP contribution is -1.80. The summed E-state index contributed by atoms with van der Waals surface area (Å²) in [6.45, 7) is 3.69. The fourth-order valence-corrected chi connectivity index (χ4v) is 0.852. The van der Waals surface area contributed by atoms with Gasteiger partial charge in [-0.3, -0.25) is 0 Å². The molecule has 1 rings (SSSR count). The van der Waals surface area contributed by atoms with Crippen molar-refractivity contribution in [2.24, 2.45) is 5.92 Å². The van der Waals surface area contributed by atoms with Crippen molar-refractivity contribution in [1.29, 1.82) is 0 Å². The highest BCUT2D eigenvalue weighted by molar-refractivity contribution is 5.03. The highest BCUT2D eigenvalue weighted by atomic mass is 14.1. The Kier molecular flexibility index (Phi) is 1.30. The molecule has 0 bridgehead atoms. The van der Waals surface area contributed by atoms with Gasteiger partial charge in [-0.15, -0.1) is 6.58 Å². The third kappa shape index (κ3) is 0.923. The monoisotopic (exact) mass is 94.1 g/mol. The van der Waals surface area contributed by atoms with Gasteiger partial charge in [-0.25, -0.2) is 0 Å². The molecule has 0 aromatic rings. The van der Waals surface area contributed by atoms with E-state index >= 15 is 0 Å². The van der Waals surface area contributed by atoms with Crippen LogP contribution in [0.3, 0.4) is 0 Å². The van der Waals surface area contributed by atoms with E-state index in [1.54, 1.807) is 0 Å². The first-order valence-corrected chi connectivity index (χ1v) is 2.72. The van der Waals surface area contributed by atoms with E-state index in [0.717, 1.165) is 0 Å². The second kappa shape index (κ2) is 1.97. The van der Waals surface area contributed by atoms with Crippen LogP contribution in [-0.4, -0.2) is 0 Å². The summed E-state index contributed by atoms with van der Waals surface area (Å²) in [6.07, 6.45) is 8.96. The Morgan fingerprint density at radius 2 is 2.57 bits per heavy atom. The van der Waals surface area contributed by atoms with Gasteiger partial charge >= 0.3 is 0 Å². The molecule has 1 unspecified atom stereocenters. The fourth-order valence-electron chi connectivity index (χ4n) is 0.852. The Balaban J connectivity index is 2.42. The highest BCUT2D eigenvalue weighted by Gasteiger charge is 2.01. The molecule has 0 aliphatic heterocycles. The van der Waals surface area contributed by atoms with Gasteiger partial charge in [0.05, 0.1) is 0 Å². The van der Waals surface area contributed by atoms with Crippen molar-refractivity contribution < 1.29 is 0 Å². The topological polar surface area (TPSA) is 0 Å². The van der Waals surface area contributed by atoms with Gasteiger partial charge in [0.1, 0.15) is 0 Å². The lowest BCUT2D eigenvalue weighted by atomic mass is 10.1. The van der Waals surface area contributed by atoms with Crippen LogP contribution in [0.4, 0.5) is 0 Å². The quantitative estimate of drug-likeness (QED) is 0.437. The normalized spacial score (nSPS) is 28.3. The lowest BCUT2D eigenvalue weighted by Gasteiger charge is -1.92. The third-order valence-electron chi connectivity index (χ3n) is 1.35. The molecule has 0 spiro atoms. The summed E-state index contributed by atoms with van der Waals surface area (Å²) in [5, 5.41) is 0. The predicted octanol–water partition coefficient (Wildman–Crippen LogP) is 2.14. The zero-order chi connectivity index (χ0) is 5.11. The first-order valence-electron chi connectivity index (χ1n) is 2.72. The van der Waals surface area contributed by atoms with Gasteiger partial charge < -0.3 is 0 Å². The first kappa shape index (κ1) is 4.63. The van der Waals surface area contributed by atoms with Gasteiger partial charge in [-0.05, 0) is 18.8 Å². The molecule has 7 heavy (non-hydrogen) atoms. The van der Waals surface area contributed by atoms with Gasteiger partial charge in [0.25, 0.3) is 0 Å². The molecule has 0 N–H and O–H groups in total. The van der Waals surface area contributed by atoms with Crippen molar-refractivity contribution >= 4 is 0 Å². The minimum absolute atomic E-state index is 0.681. The van der Waals surface area contributed by atoms with Crippen LogP contribution >= 0.6 is 0 Å². The molecule has 0 saturated carbocycles. The molecule has 0 aromatic carbocycles. The van der Waals surface area contributed by atoms with Gasteiger partial charge in [-0.1, -0.05) is 18.2 Å². The van der Waals surface area contributed by atoms with Crippen molar-refractivity contribution in [3.05, 3.63) is 24.8 Å². The van der Waals surface area contributed by atoms with E-state index in [1.807, 2.05) is 6.08 Å². The van der Waals surface area contributed by atoms with Gasteiger partial charge in [0.2, 0.25) is 0 Å². The van der Waals surface area contributed by atoms with Crippen LogP contribution in [0, 0.1) is 5.92 Å². The van der Waals surface area contributed by atoms with E-state index in [4.69, 9.17) is 0 Å². The molecule has 0 fully saturated rings. The van der Waals surface area contributed by atoms with Gasteiger partial charge in [0, 0.05) is 0 Å². The fraction of sp³-hybridized carbons (Fsp3) is 0.429. The molecular weight excluding hydrogens is 84.1 g/mol. The summed E-state index contributed by atoms with van der Waals surface area (Å²) in [5.74, 6) is 0.681. The maximum Gasteiger partial charge on any atom is -0.00532 e. The predicted molar refractivity (Wildman–Crippen MR) is 32.1 cm³/mol. The van der Waals surface area contributed by atoms with Crippen LogP contribution in [0.2, 0.25) is 0 Å². The highest BCUT2D eigenvalue weighted by Crippen LogP contribution is 2.16. The SMILES string of the molecule is C=CC1C=CCC1. The van der Waals surface area contributed by atoms with E-state index in [1.165, 1.54) is 12.8 Å². The van der Waals surface area contributed by atoms with Crippen LogP contribution in [0.5, 0.6) is 0 Å². The maximum absolute atomic E-state index is 3.69. The van der Waals surface area contributed by atoms with Crippen LogP contribution in [0.15, 0.2) is 24.8 Å². The van der Waals surface area contributed by atoms with Crippen molar-refractivity contribution in [2.45, 2.75) is 12.8 Å². The average Bonchev–Trinajstić information content (AvgIpc) is 2.14. The van der Waals surface area contributed by atoms with Gasteiger partial charge in [-0.2, -0.15) is 0 Å². The zero-order valence-corrected chi connectivity index (χ0v) is 4.43. The van der Waals surface area contributed by atoms with Crippen molar-refractivity contribution in [1.82, 2.24) is 0 Å². The molecule has 0 heterocycles. The van der Waals surface area contributed by atoms with E-state index in [-0.39, 0.29) is 0 Å². The molecule has 0 radical (unpaired) electrons. The van der Waals surface area contributed by atoms with E-state index in [0.29, 0.717) is 5.92 Å². The van der Waals surface area contributed by atoms with Crippen LogP contribution in [-0.2, 0) is 0 Å². The van der Waals surface area contributed by atoms with Crippen LogP contribution in [0.1, 0.15) is 12.8 Å². The summed E-state index contributed by atoms with van der Waals surface area (Å²) in [5.41, 5.74) is 0. The third-order valence-corrected chi connectivity index (χ3v) is 1.35. The molecule has 0 nitrogen and oxygen atoms in total. The summed E-state index contributed by atoms with van der Waals surface area (Å²) >= 11 is 0. The van der Waals surface area contributed by atoms with Gasteiger partial charge in [0.15, 0.2) is 0 Å². The van der Waals surface area contributed by atoms with Crippen molar-refractivity contribution in [2.75, 3.05) is 0 Å². The summed E-state index contributed by atoms with van der Waals surface area (Å²) in [7, 11) is 0. The summed E-state index contributed by atoms with van der Waals surface area (Å²) < 4.78 is 0. The second-order valence-corrected chi connectivity index (χ2v) is 1.91. The van der Waals surface area contributed by atoms with E-state index in [9.17, 15) is 0 Å². The lowest BCUT2D eigenvalue weighted by molar-refractivity contribution is 0.774. The second-order valence-electron chi connectivity index (χ2n) is 1.91. The Morgan fingerprint density at radius 3 is 2.86 bits per heavy atom.